The minimum Gasteiger partial charge on any atom is -0.455 e. The van der Waals surface area contributed by atoms with Crippen molar-refractivity contribution >= 4 is 17.7 Å². The topological polar surface area (TPSA) is 110 Å². The smallest absolute Gasteiger partial charge is 0.331 e. The highest BCUT2D eigenvalue weighted by molar-refractivity contribution is 6.04. The van der Waals surface area contributed by atoms with E-state index in [1.54, 1.807) is 26.0 Å². The molecule has 2 N–H and O–H groups in total. The van der Waals surface area contributed by atoms with Gasteiger partial charge in [0.05, 0.1) is 18.1 Å². The van der Waals surface area contributed by atoms with Crippen molar-refractivity contribution in [1.82, 2.24) is 0 Å². The molecule has 0 aromatic carbocycles. The maximum atomic E-state index is 13.9. The quantitative estimate of drug-likeness (QED) is 0.236. The average Bonchev–Trinajstić information content (AvgIpc) is 3.28. The summed E-state index contributed by atoms with van der Waals surface area (Å²) in [4.78, 5) is 38.8. The van der Waals surface area contributed by atoms with Gasteiger partial charge < -0.3 is 19.7 Å². The van der Waals surface area contributed by atoms with Gasteiger partial charge in [0.25, 0.3) is 0 Å². The first-order valence-electron chi connectivity index (χ1n) is 13.3. The molecule has 2 saturated carbocycles. The maximum Gasteiger partial charge on any atom is 0.331 e. The molecule has 3 aliphatic carbocycles. The molecule has 7 nitrogen and oxygen atoms in total. The fraction of sp³-hybridized carbons (Fsp3) is 0.633. The normalized spacial score (nSPS) is 38.9. The number of aliphatic hydroxyl groups is 2. The van der Waals surface area contributed by atoms with E-state index in [-0.39, 0.29) is 35.2 Å². The van der Waals surface area contributed by atoms with Crippen LogP contribution in [0.2, 0.25) is 0 Å². The van der Waals surface area contributed by atoms with Crippen LogP contribution in [0.5, 0.6) is 0 Å². The van der Waals surface area contributed by atoms with Crippen LogP contribution in [0, 0.1) is 29.1 Å². The lowest BCUT2D eigenvalue weighted by Gasteiger charge is -2.35. The molecule has 0 aromatic heterocycles. The third-order valence-corrected chi connectivity index (χ3v) is 8.56. The van der Waals surface area contributed by atoms with Crippen LogP contribution >= 0.6 is 0 Å². The number of allylic oxidation sites excluding steroid dienone is 3. The number of ether oxygens (including phenoxy) is 2. The lowest BCUT2D eigenvalue weighted by Crippen LogP contribution is -2.50. The highest BCUT2D eigenvalue weighted by Crippen LogP contribution is 2.64. The third-order valence-electron chi connectivity index (χ3n) is 8.56. The second kappa shape index (κ2) is 11.1. The standard InChI is InChI=1S/C30H42O7/c1-8-9-10-11-12-13-24(32)36-23-15-21-25(29(21,6)7)27(34)19(4)28(35)30(37-20(5)31)16-18(3)26(33)22(30)14-17(23)2/h10-14,18,21-23,25-27,33-34H,4,8-9,15-16H2,1-3,5-7H3/b11-10-,13-12+,17-14+/t18-,21+,22+,23-,25+,26+,27+,30-/m1/s1. The fourth-order valence-corrected chi connectivity index (χ4v) is 6.34. The molecule has 3 aliphatic rings. The Hall–Kier alpha value is -2.51. The first-order valence-corrected chi connectivity index (χ1v) is 13.3. The summed E-state index contributed by atoms with van der Waals surface area (Å²) in [5, 5.41) is 22.4. The lowest BCUT2D eigenvalue weighted by molar-refractivity contribution is -0.168. The SMILES string of the molecule is C=C1C(=O)[C@@]2(OC(C)=O)C[C@@H](C)[C@H](O)[C@@H]2/C=C(\C)[C@H](OC(=O)/C=C/C=C\CCC)C[C@H]2[C@@H]([C@H]1O)C2(C)C. The van der Waals surface area contributed by atoms with Crippen LogP contribution in [0.3, 0.4) is 0 Å². The minimum atomic E-state index is -1.69. The highest BCUT2D eigenvalue weighted by atomic mass is 16.6. The molecule has 0 radical (unpaired) electrons. The second-order valence-corrected chi connectivity index (χ2v) is 11.6. The maximum absolute atomic E-state index is 13.9. The number of ketones is 1. The van der Waals surface area contributed by atoms with E-state index in [0.717, 1.165) is 12.8 Å². The molecule has 7 heteroatoms. The van der Waals surface area contributed by atoms with E-state index in [1.165, 1.54) is 13.0 Å². The molecule has 0 amide bonds. The second-order valence-electron chi connectivity index (χ2n) is 11.6. The van der Waals surface area contributed by atoms with E-state index in [0.29, 0.717) is 12.0 Å². The van der Waals surface area contributed by atoms with Gasteiger partial charge >= 0.3 is 11.9 Å². The summed E-state index contributed by atoms with van der Waals surface area (Å²) in [6.07, 6.45) is 8.23. The van der Waals surface area contributed by atoms with E-state index >= 15 is 0 Å². The summed E-state index contributed by atoms with van der Waals surface area (Å²) in [6, 6.07) is 0. The van der Waals surface area contributed by atoms with Gasteiger partial charge in [-0.1, -0.05) is 65.0 Å². The van der Waals surface area contributed by atoms with Crippen LogP contribution in [0.1, 0.15) is 67.2 Å². The summed E-state index contributed by atoms with van der Waals surface area (Å²) in [5.74, 6) is -3.26. The zero-order valence-electron chi connectivity index (χ0n) is 22.9. The minimum absolute atomic E-state index is 0.0172. The molecule has 0 aliphatic heterocycles. The zero-order valence-corrected chi connectivity index (χ0v) is 22.9. The van der Waals surface area contributed by atoms with Gasteiger partial charge in [-0.3, -0.25) is 9.59 Å². The molecule has 8 atom stereocenters. The Bertz CT molecular complexity index is 1020. The molecule has 2 fully saturated rings. The largest absolute Gasteiger partial charge is 0.455 e. The van der Waals surface area contributed by atoms with Gasteiger partial charge in [0.1, 0.15) is 6.10 Å². The van der Waals surface area contributed by atoms with E-state index in [2.05, 4.69) is 13.5 Å². The number of fused-ring (bicyclic) bond motifs is 2. The first-order chi connectivity index (χ1) is 17.3. The summed E-state index contributed by atoms with van der Waals surface area (Å²) in [6.45, 7) is 14.8. The van der Waals surface area contributed by atoms with E-state index in [1.807, 2.05) is 26.0 Å². The molecule has 3 rings (SSSR count). The predicted molar refractivity (Wildman–Crippen MR) is 140 cm³/mol. The molecule has 204 valence electrons. The Morgan fingerprint density at radius 3 is 2.54 bits per heavy atom. The van der Waals surface area contributed by atoms with Crippen molar-refractivity contribution in [2.24, 2.45) is 29.1 Å². The average molecular weight is 515 g/mol. The molecular formula is C30H42O7. The van der Waals surface area contributed by atoms with Gasteiger partial charge in [-0.25, -0.2) is 4.79 Å². The number of hydrogen-bond donors (Lipinski definition) is 2. The fourth-order valence-electron chi connectivity index (χ4n) is 6.34. The molecule has 0 heterocycles. The summed E-state index contributed by atoms with van der Waals surface area (Å²) >= 11 is 0. The molecule has 0 spiro atoms. The van der Waals surface area contributed by atoms with Crippen molar-refractivity contribution in [2.45, 2.75) is 91.1 Å². The summed E-state index contributed by atoms with van der Waals surface area (Å²) < 4.78 is 11.6. The number of carbonyl (C=O) groups is 3. The molecule has 0 bridgehead atoms. The predicted octanol–water partition coefficient (Wildman–Crippen LogP) is 4.24. The highest BCUT2D eigenvalue weighted by Gasteiger charge is 2.65. The van der Waals surface area contributed by atoms with Gasteiger partial charge in [0.15, 0.2) is 5.60 Å². The lowest BCUT2D eigenvalue weighted by atomic mass is 9.79. The van der Waals surface area contributed by atoms with Crippen LogP contribution in [-0.2, 0) is 23.9 Å². The van der Waals surface area contributed by atoms with Gasteiger partial charge in [-0.05, 0) is 48.5 Å². The molecule has 0 aromatic rings. The van der Waals surface area contributed by atoms with Crippen LogP contribution in [0.15, 0.2) is 48.1 Å². The van der Waals surface area contributed by atoms with Gasteiger partial charge in [0.2, 0.25) is 5.78 Å². The number of unbranched alkanes of at least 4 members (excludes halogenated alkanes) is 1. The number of carbonyl (C=O) groups excluding carboxylic acids is 3. The van der Waals surface area contributed by atoms with Crippen molar-refractivity contribution in [3.8, 4) is 0 Å². The Morgan fingerprint density at radius 2 is 1.92 bits per heavy atom. The Balaban J connectivity index is 2.05. The first kappa shape index (κ1) is 29.1. The molecule has 0 saturated heterocycles. The van der Waals surface area contributed by atoms with Gasteiger partial charge in [-0.2, -0.15) is 0 Å². The van der Waals surface area contributed by atoms with Crippen LogP contribution in [-0.4, -0.2) is 51.8 Å². The third kappa shape index (κ3) is 5.68. The zero-order chi connectivity index (χ0) is 27.7. The number of hydrogen-bond acceptors (Lipinski definition) is 7. The van der Waals surface area contributed by atoms with E-state index in [4.69, 9.17) is 9.47 Å². The van der Waals surface area contributed by atoms with Crippen LogP contribution in [0.25, 0.3) is 0 Å². The van der Waals surface area contributed by atoms with Crippen LogP contribution in [0.4, 0.5) is 0 Å². The number of esters is 2. The van der Waals surface area contributed by atoms with Crippen molar-refractivity contribution in [1.29, 1.82) is 0 Å². The van der Waals surface area contributed by atoms with E-state index in [9.17, 15) is 24.6 Å². The van der Waals surface area contributed by atoms with Crippen molar-refractivity contribution in [3.63, 3.8) is 0 Å². The van der Waals surface area contributed by atoms with Gasteiger partial charge in [-0.15, -0.1) is 0 Å². The molecule has 0 unspecified atom stereocenters. The Labute approximate surface area is 220 Å². The summed E-state index contributed by atoms with van der Waals surface area (Å²) in [7, 11) is 0. The number of rotatable bonds is 6. The molecule has 37 heavy (non-hydrogen) atoms. The molecular weight excluding hydrogens is 472 g/mol. The number of Topliss-reactive ketones (excluding diaryl/α,β-unsaturated/α-hetero) is 1. The van der Waals surface area contributed by atoms with Crippen molar-refractivity contribution in [2.75, 3.05) is 0 Å². The van der Waals surface area contributed by atoms with Gasteiger partial charge in [0, 0.05) is 25.0 Å². The summed E-state index contributed by atoms with van der Waals surface area (Å²) in [5.41, 5.74) is -1.37. The monoisotopic (exact) mass is 514 g/mol. The number of aliphatic hydroxyl groups excluding tert-OH is 2. The van der Waals surface area contributed by atoms with Crippen LogP contribution < -0.4 is 0 Å². The van der Waals surface area contributed by atoms with E-state index < -0.39 is 47.6 Å². The van der Waals surface area contributed by atoms with Crippen molar-refractivity contribution < 1.29 is 34.1 Å². The Kier molecular flexibility index (Phi) is 8.70. The van der Waals surface area contributed by atoms with Crippen molar-refractivity contribution in [3.05, 3.63) is 48.1 Å². The Morgan fingerprint density at radius 1 is 1.24 bits per heavy atom.